The molecule has 4 rings (SSSR count). The second kappa shape index (κ2) is 4.84. The lowest BCUT2D eigenvalue weighted by molar-refractivity contribution is 0.0111. The molecule has 0 amide bonds. The number of rotatable bonds is 0. The summed E-state index contributed by atoms with van der Waals surface area (Å²) in [6.45, 7) is 5.84. The summed E-state index contributed by atoms with van der Waals surface area (Å²) in [6, 6.07) is 1.98. The summed E-state index contributed by atoms with van der Waals surface area (Å²) in [6.07, 6.45) is 3.82. The van der Waals surface area contributed by atoms with E-state index in [1.54, 1.807) is 0 Å². The van der Waals surface area contributed by atoms with E-state index in [1.807, 2.05) is 26.8 Å². The van der Waals surface area contributed by atoms with Gasteiger partial charge in [0.25, 0.3) is 0 Å². The van der Waals surface area contributed by atoms with Crippen molar-refractivity contribution in [3.63, 3.8) is 0 Å². The lowest BCUT2D eigenvalue weighted by Crippen LogP contribution is -2.35. The summed E-state index contributed by atoms with van der Waals surface area (Å²) in [4.78, 5) is 12.3. The number of fused-ring (bicyclic) bond motifs is 4. The Balaban J connectivity index is 2.06. The molecule has 0 fully saturated rings. The van der Waals surface area contributed by atoms with E-state index in [9.17, 15) is 9.90 Å². The molecule has 0 radical (unpaired) electrons. The highest BCUT2D eigenvalue weighted by Gasteiger charge is 2.35. The van der Waals surface area contributed by atoms with E-state index in [2.05, 4.69) is 0 Å². The van der Waals surface area contributed by atoms with Crippen molar-refractivity contribution in [1.82, 2.24) is 0 Å². The molecule has 2 aliphatic rings. The Morgan fingerprint density at radius 1 is 1.22 bits per heavy atom. The second-order valence-corrected chi connectivity index (χ2v) is 7.43. The summed E-state index contributed by atoms with van der Waals surface area (Å²) in [7, 11) is 0. The van der Waals surface area contributed by atoms with Gasteiger partial charge >= 0.3 is 5.63 Å². The fourth-order valence-corrected chi connectivity index (χ4v) is 4.02. The molecule has 4 heteroatoms. The van der Waals surface area contributed by atoms with E-state index in [0.29, 0.717) is 17.8 Å². The SMILES string of the molecule is Cc1c2c(cc3c4c(c(=O)oc13)CCCC4)[C@@H](O)CC(C)(C)O2. The molecule has 1 aliphatic carbocycles. The zero-order valence-electron chi connectivity index (χ0n) is 13.9. The molecule has 0 bridgehead atoms. The minimum atomic E-state index is -0.553. The number of aliphatic hydroxyl groups is 1. The van der Waals surface area contributed by atoms with Gasteiger partial charge in [0.05, 0.1) is 6.10 Å². The molecule has 0 spiro atoms. The van der Waals surface area contributed by atoms with Crippen LogP contribution in [0.3, 0.4) is 0 Å². The van der Waals surface area contributed by atoms with Crippen molar-refractivity contribution in [1.29, 1.82) is 0 Å². The van der Waals surface area contributed by atoms with E-state index < -0.39 is 11.7 Å². The average Bonchev–Trinajstić information content (AvgIpc) is 2.49. The van der Waals surface area contributed by atoms with Gasteiger partial charge in [0, 0.05) is 28.5 Å². The summed E-state index contributed by atoms with van der Waals surface area (Å²) in [5, 5.41) is 11.5. The van der Waals surface area contributed by atoms with Crippen LogP contribution in [-0.2, 0) is 12.8 Å². The Labute approximate surface area is 135 Å². The molecule has 0 saturated heterocycles. The third-order valence-electron chi connectivity index (χ3n) is 5.14. The van der Waals surface area contributed by atoms with Crippen molar-refractivity contribution in [3.05, 3.63) is 38.7 Å². The highest BCUT2D eigenvalue weighted by atomic mass is 16.5. The summed E-state index contributed by atoms with van der Waals surface area (Å²) >= 11 is 0. The van der Waals surface area contributed by atoms with Crippen molar-refractivity contribution in [2.75, 3.05) is 0 Å². The molecule has 0 saturated carbocycles. The van der Waals surface area contributed by atoms with Crippen LogP contribution in [0.15, 0.2) is 15.3 Å². The van der Waals surface area contributed by atoms with Crippen molar-refractivity contribution < 1.29 is 14.3 Å². The van der Waals surface area contributed by atoms with Crippen LogP contribution in [0.25, 0.3) is 11.0 Å². The molecule has 2 heterocycles. The van der Waals surface area contributed by atoms with Gasteiger partial charge in [0.2, 0.25) is 0 Å². The van der Waals surface area contributed by atoms with Crippen LogP contribution in [0.2, 0.25) is 0 Å². The largest absolute Gasteiger partial charge is 0.487 e. The topological polar surface area (TPSA) is 59.7 Å². The molecule has 1 aromatic heterocycles. The zero-order chi connectivity index (χ0) is 16.4. The third kappa shape index (κ3) is 2.19. The van der Waals surface area contributed by atoms with Gasteiger partial charge in [-0.2, -0.15) is 0 Å². The molecule has 1 atom stereocenters. The number of hydrogen-bond acceptors (Lipinski definition) is 4. The number of aliphatic hydroxyl groups excluding tert-OH is 1. The summed E-state index contributed by atoms with van der Waals surface area (Å²) < 4.78 is 11.7. The number of hydrogen-bond donors (Lipinski definition) is 1. The van der Waals surface area contributed by atoms with Gasteiger partial charge in [-0.25, -0.2) is 4.79 Å². The maximum absolute atomic E-state index is 12.3. The maximum atomic E-state index is 12.3. The van der Waals surface area contributed by atoms with Crippen LogP contribution in [0.4, 0.5) is 0 Å². The summed E-state index contributed by atoms with van der Waals surface area (Å²) in [5.41, 5.74) is 3.51. The first-order chi connectivity index (χ1) is 10.9. The molecule has 1 aromatic carbocycles. The maximum Gasteiger partial charge on any atom is 0.339 e. The van der Waals surface area contributed by atoms with E-state index >= 15 is 0 Å². The van der Waals surface area contributed by atoms with Crippen LogP contribution in [0.1, 0.15) is 61.5 Å². The van der Waals surface area contributed by atoms with Crippen LogP contribution in [-0.4, -0.2) is 10.7 Å². The molecule has 2 aromatic rings. The Morgan fingerprint density at radius 3 is 2.65 bits per heavy atom. The minimum Gasteiger partial charge on any atom is -0.487 e. The fourth-order valence-electron chi connectivity index (χ4n) is 4.02. The van der Waals surface area contributed by atoms with Crippen LogP contribution in [0, 0.1) is 6.92 Å². The smallest absolute Gasteiger partial charge is 0.339 e. The lowest BCUT2D eigenvalue weighted by atomic mass is 9.86. The van der Waals surface area contributed by atoms with Crippen molar-refractivity contribution in [2.45, 2.75) is 64.6 Å². The Kier molecular flexibility index (Phi) is 3.11. The highest BCUT2D eigenvalue weighted by Crippen LogP contribution is 2.45. The predicted molar refractivity (Wildman–Crippen MR) is 88.1 cm³/mol. The van der Waals surface area contributed by atoms with E-state index in [1.165, 1.54) is 0 Å². The Bertz CT molecular complexity index is 860. The molecular weight excluding hydrogens is 292 g/mol. The monoisotopic (exact) mass is 314 g/mol. The van der Waals surface area contributed by atoms with E-state index in [4.69, 9.17) is 9.15 Å². The standard InChI is InChI=1S/C19H22O4/c1-10-16-13(11-6-4-5-7-12(11)18(21)22-16)8-14-15(20)9-19(2,3)23-17(10)14/h8,15,20H,4-7,9H2,1-3H3/t15-/m0/s1. The molecule has 23 heavy (non-hydrogen) atoms. The third-order valence-corrected chi connectivity index (χ3v) is 5.14. The van der Waals surface area contributed by atoms with E-state index in [-0.39, 0.29) is 5.63 Å². The van der Waals surface area contributed by atoms with Gasteiger partial charge in [0.1, 0.15) is 16.9 Å². The van der Waals surface area contributed by atoms with Gasteiger partial charge in [-0.15, -0.1) is 0 Å². The molecule has 0 unspecified atom stereocenters. The van der Waals surface area contributed by atoms with Crippen LogP contribution < -0.4 is 10.4 Å². The molecular formula is C19H22O4. The normalized spacial score (nSPS) is 22.3. The van der Waals surface area contributed by atoms with Gasteiger partial charge in [-0.05, 0) is 58.1 Å². The second-order valence-electron chi connectivity index (χ2n) is 7.43. The van der Waals surface area contributed by atoms with Crippen molar-refractivity contribution in [3.8, 4) is 5.75 Å². The molecule has 4 nitrogen and oxygen atoms in total. The number of aryl methyl sites for hydroxylation is 2. The van der Waals surface area contributed by atoms with Crippen LogP contribution in [0.5, 0.6) is 5.75 Å². The first-order valence-electron chi connectivity index (χ1n) is 8.36. The first-order valence-corrected chi connectivity index (χ1v) is 8.36. The van der Waals surface area contributed by atoms with Gasteiger partial charge in [-0.1, -0.05) is 0 Å². The zero-order valence-corrected chi connectivity index (χ0v) is 13.9. The van der Waals surface area contributed by atoms with Gasteiger partial charge < -0.3 is 14.3 Å². The molecule has 122 valence electrons. The summed E-state index contributed by atoms with van der Waals surface area (Å²) in [5.74, 6) is 0.667. The average molecular weight is 314 g/mol. The first kappa shape index (κ1) is 14.8. The fraction of sp³-hybridized carbons (Fsp3) is 0.526. The Hall–Kier alpha value is -1.81. The number of benzene rings is 1. The van der Waals surface area contributed by atoms with E-state index in [0.717, 1.165) is 53.3 Å². The highest BCUT2D eigenvalue weighted by molar-refractivity contribution is 5.87. The van der Waals surface area contributed by atoms with Gasteiger partial charge in [0.15, 0.2) is 0 Å². The number of ether oxygens (including phenoxy) is 1. The van der Waals surface area contributed by atoms with Crippen molar-refractivity contribution >= 4 is 11.0 Å². The molecule has 1 aliphatic heterocycles. The Morgan fingerprint density at radius 2 is 1.91 bits per heavy atom. The minimum absolute atomic E-state index is 0.217. The van der Waals surface area contributed by atoms with Gasteiger partial charge in [-0.3, -0.25) is 0 Å². The quantitative estimate of drug-likeness (QED) is 0.755. The van der Waals surface area contributed by atoms with Crippen molar-refractivity contribution in [2.24, 2.45) is 0 Å². The molecule has 1 N–H and O–H groups in total. The van der Waals surface area contributed by atoms with Crippen LogP contribution >= 0.6 is 0 Å². The predicted octanol–water partition coefficient (Wildman–Crippen LogP) is 3.57. The lowest BCUT2D eigenvalue weighted by Gasteiger charge is -2.36.